The maximum absolute atomic E-state index is 12.8. The predicted molar refractivity (Wildman–Crippen MR) is 297 cm³/mol. The van der Waals surface area contributed by atoms with Crippen molar-refractivity contribution in [1.29, 1.82) is 0 Å². The maximum Gasteiger partial charge on any atom is 0.472 e. The highest BCUT2D eigenvalue weighted by Crippen LogP contribution is 2.43. The summed E-state index contributed by atoms with van der Waals surface area (Å²) in [5.74, 6) is -0.353. The molecular formula is C60H103NO7P+. The van der Waals surface area contributed by atoms with Crippen molar-refractivity contribution in [3.63, 3.8) is 0 Å². The van der Waals surface area contributed by atoms with Crippen LogP contribution in [0, 0.1) is 0 Å². The summed E-state index contributed by atoms with van der Waals surface area (Å²) >= 11 is 0. The van der Waals surface area contributed by atoms with Crippen LogP contribution < -0.4 is 0 Å². The van der Waals surface area contributed by atoms with Gasteiger partial charge in [-0.25, -0.2) is 4.57 Å². The van der Waals surface area contributed by atoms with Crippen LogP contribution >= 0.6 is 7.82 Å². The van der Waals surface area contributed by atoms with E-state index in [1.165, 1.54) is 64.2 Å². The summed E-state index contributed by atoms with van der Waals surface area (Å²) in [6.45, 7) is 5.40. The molecule has 1 N–H and O–H groups in total. The molecule has 394 valence electrons. The molecule has 0 heterocycles. The molecule has 0 bridgehead atoms. The molecule has 0 aliphatic heterocycles. The van der Waals surface area contributed by atoms with Crippen LogP contribution in [0.5, 0.6) is 0 Å². The Morgan fingerprint density at radius 2 is 0.841 bits per heavy atom. The highest BCUT2D eigenvalue weighted by Gasteiger charge is 2.26. The summed E-state index contributed by atoms with van der Waals surface area (Å²) in [6.07, 6.45) is 73.9. The van der Waals surface area contributed by atoms with Crippen molar-refractivity contribution < 1.29 is 37.3 Å². The van der Waals surface area contributed by atoms with Crippen molar-refractivity contribution in [2.75, 3.05) is 54.1 Å². The average molecular weight is 981 g/mol. The van der Waals surface area contributed by atoms with Crippen LogP contribution in [0.15, 0.2) is 122 Å². The Labute approximate surface area is 424 Å². The van der Waals surface area contributed by atoms with Gasteiger partial charge in [-0.3, -0.25) is 13.8 Å². The molecule has 0 amide bonds. The number of quaternary nitrogens is 1. The van der Waals surface area contributed by atoms with Gasteiger partial charge < -0.3 is 18.9 Å². The van der Waals surface area contributed by atoms with Crippen LogP contribution in [0.2, 0.25) is 0 Å². The third-order valence-electron chi connectivity index (χ3n) is 11.0. The smallest absolute Gasteiger partial charge is 0.457 e. The highest BCUT2D eigenvalue weighted by atomic mass is 31.2. The van der Waals surface area contributed by atoms with Crippen LogP contribution in [0.25, 0.3) is 0 Å². The van der Waals surface area contributed by atoms with E-state index in [4.69, 9.17) is 18.5 Å². The van der Waals surface area contributed by atoms with Gasteiger partial charge in [0.15, 0.2) is 0 Å². The summed E-state index contributed by atoms with van der Waals surface area (Å²) in [5.41, 5.74) is 0. The zero-order valence-corrected chi connectivity index (χ0v) is 45.6. The first-order chi connectivity index (χ1) is 33.6. The van der Waals surface area contributed by atoms with Gasteiger partial charge in [-0.15, -0.1) is 0 Å². The zero-order valence-electron chi connectivity index (χ0n) is 44.8. The second-order valence-electron chi connectivity index (χ2n) is 18.9. The number of nitrogens with zero attached hydrogens (tertiary/aromatic N) is 1. The van der Waals surface area contributed by atoms with E-state index in [1.54, 1.807) is 0 Å². The molecule has 0 aliphatic rings. The fourth-order valence-corrected chi connectivity index (χ4v) is 7.57. The first kappa shape index (κ1) is 65.9. The summed E-state index contributed by atoms with van der Waals surface area (Å²) in [6, 6.07) is 0. The topological polar surface area (TPSA) is 91.3 Å². The van der Waals surface area contributed by atoms with Crippen LogP contribution in [0.3, 0.4) is 0 Å². The summed E-state index contributed by atoms with van der Waals surface area (Å²) in [7, 11) is 1.62. The molecule has 0 aromatic carbocycles. The molecule has 0 aromatic heterocycles. The van der Waals surface area contributed by atoms with E-state index < -0.39 is 13.9 Å². The summed E-state index contributed by atoms with van der Waals surface area (Å²) in [5, 5.41) is 0. The molecule has 2 atom stereocenters. The van der Waals surface area contributed by atoms with Crippen molar-refractivity contribution >= 4 is 13.8 Å². The standard InChI is InChI=1S/C60H102NO7P/c1-6-8-10-12-14-16-18-20-22-24-26-28-30-31-32-33-35-37-39-41-43-45-47-49-51-53-60(62)68-59(58-67-69(63,64)66-56-54-61(3,4)5)57-65-55-52-50-48-46-44-42-40-38-36-34-29-27-25-23-21-19-17-15-13-11-9-7-2/h8,10,14,16,19-22,25-28,31-32,34-37,41,43,59H,6-7,9,11-13,15,17-18,23-24,29-30,33,38-40,42,44-58H2,1-5H3/p+1/b10-8-,16-14-,21-19-,22-20-,27-25-,28-26-,32-31-,36-34-,37-35-,43-41-. The number of esters is 1. The largest absolute Gasteiger partial charge is 0.472 e. The number of rotatable bonds is 49. The van der Waals surface area contributed by atoms with Gasteiger partial charge in [0.1, 0.15) is 19.3 Å². The molecule has 0 saturated carbocycles. The molecule has 0 radical (unpaired) electrons. The molecule has 0 aliphatic carbocycles. The molecule has 0 spiro atoms. The van der Waals surface area contributed by atoms with Crippen molar-refractivity contribution in [2.24, 2.45) is 0 Å². The number of carbonyl (C=O) groups excluding carboxylic acids is 1. The van der Waals surface area contributed by atoms with Gasteiger partial charge >= 0.3 is 13.8 Å². The second kappa shape index (κ2) is 51.3. The molecule has 0 fully saturated rings. The molecular weight excluding hydrogens is 878 g/mol. The number of allylic oxidation sites excluding steroid dienone is 20. The lowest BCUT2D eigenvalue weighted by Crippen LogP contribution is -2.37. The fourth-order valence-electron chi connectivity index (χ4n) is 6.83. The Hall–Kier alpha value is -3.10. The summed E-state index contributed by atoms with van der Waals surface area (Å²) < 4.78 is 35.2. The van der Waals surface area contributed by atoms with E-state index in [9.17, 15) is 14.3 Å². The lowest BCUT2D eigenvalue weighted by Gasteiger charge is -2.24. The van der Waals surface area contributed by atoms with Crippen molar-refractivity contribution in [2.45, 2.75) is 200 Å². The maximum atomic E-state index is 12.8. The lowest BCUT2D eigenvalue weighted by molar-refractivity contribution is -0.870. The molecule has 2 unspecified atom stereocenters. The Morgan fingerprint density at radius 3 is 1.26 bits per heavy atom. The number of hydrogen-bond acceptors (Lipinski definition) is 6. The van der Waals surface area contributed by atoms with E-state index in [0.717, 1.165) is 103 Å². The molecule has 0 rings (SSSR count). The Balaban J connectivity index is 4.27. The van der Waals surface area contributed by atoms with Crippen molar-refractivity contribution in [1.82, 2.24) is 0 Å². The number of hydrogen-bond donors (Lipinski definition) is 1. The van der Waals surface area contributed by atoms with E-state index in [-0.39, 0.29) is 32.2 Å². The number of ether oxygens (including phenoxy) is 2. The SMILES string of the molecule is CC/C=C\C/C=C\C/C=C\C/C=C\C/C=C\C/C=C\C/C=C\CCCCCC(=O)OC(COCCCCCCCCC/C=C\C/C=C\C/C=C\CCCCCCC)COP(=O)(O)OCC[N+](C)(C)C. The van der Waals surface area contributed by atoms with Gasteiger partial charge in [0.25, 0.3) is 0 Å². The normalized spacial score (nSPS) is 14.5. The minimum absolute atomic E-state index is 0.0720. The molecule has 8 nitrogen and oxygen atoms in total. The van der Waals surface area contributed by atoms with Crippen molar-refractivity contribution in [3.05, 3.63) is 122 Å². The molecule has 0 saturated heterocycles. The zero-order chi connectivity index (χ0) is 50.5. The second-order valence-corrected chi connectivity index (χ2v) is 20.3. The summed E-state index contributed by atoms with van der Waals surface area (Å²) in [4.78, 5) is 23.0. The molecule has 9 heteroatoms. The molecule has 0 aromatic rings. The number of phosphoric acid groups is 1. The first-order valence-corrected chi connectivity index (χ1v) is 28.8. The highest BCUT2D eigenvalue weighted by molar-refractivity contribution is 7.47. The molecule has 69 heavy (non-hydrogen) atoms. The Bertz CT molecular complexity index is 1510. The van der Waals surface area contributed by atoms with Crippen LogP contribution in [-0.4, -0.2) is 75.6 Å². The number of unbranched alkanes of at least 4 members (excludes halogenated alkanes) is 15. The third kappa shape index (κ3) is 55.7. The lowest BCUT2D eigenvalue weighted by atomic mass is 10.1. The average Bonchev–Trinajstić information content (AvgIpc) is 3.31. The van der Waals surface area contributed by atoms with E-state index in [2.05, 4.69) is 135 Å². The fraction of sp³-hybridized carbons (Fsp3) is 0.650. The Morgan fingerprint density at radius 1 is 0.464 bits per heavy atom. The van der Waals surface area contributed by atoms with Gasteiger partial charge in [-0.2, -0.15) is 0 Å². The quantitative estimate of drug-likeness (QED) is 0.0213. The first-order valence-electron chi connectivity index (χ1n) is 27.3. The van der Waals surface area contributed by atoms with Crippen LogP contribution in [0.1, 0.15) is 194 Å². The van der Waals surface area contributed by atoms with E-state index in [0.29, 0.717) is 24.1 Å². The van der Waals surface area contributed by atoms with Gasteiger partial charge in [0, 0.05) is 13.0 Å². The van der Waals surface area contributed by atoms with Gasteiger partial charge in [-0.1, -0.05) is 200 Å². The minimum Gasteiger partial charge on any atom is -0.457 e. The monoisotopic (exact) mass is 981 g/mol. The van der Waals surface area contributed by atoms with Gasteiger partial charge in [0.05, 0.1) is 34.4 Å². The van der Waals surface area contributed by atoms with Crippen molar-refractivity contribution in [3.8, 4) is 0 Å². The van der Waals surface area contributed by atoms with Crippen LogP contribution in [-0.2, 0) is 27.9 Å². The third-order valence-corrected chi connectivity index (χ3v) is 12.0. The number of carbonyl (C=O) groups is 1. The van der Waals surface area contributed by atoms with Gasteiger partial charge in [0.2, 0.25) is 0 Å². The van der Waals surface area contributed by atoms with E-state index >= 15 is 0 Å². The van der Waals surface area contributed by atoms with E-state index in [1.807, 2.05) is 21.1 Å². The minimum atomic E-state index is -4.31. The predicted octanol–water partition coefficient (Wildman–Crippen LogP) is 17.3. The Kier molecular flexibility index (Phi) is 49.0. The number of likely N-dealkylation sites (N-methyl/N-ethyl adjacent to an activating group) is 1. The number of phosphoric ester groups is 1. The van der Waals surface area contributed by atoms with Gasteiger partial charge in [-0.05, 0) is 109 Å². The van der Waals surface area contributed by atoms with Crippen LogP contribution in [0.4, 0.5) is 0 Å².